The van der Waals surface area contributed by atoms with Gasteiger partial charge in [0.15, 0.2) is 5.11 Å². The lowest BCUT2D eigenvalue weighted by atomic mass is 10.2. The van der Waals surface area contributed by atoms with Crippen LogP contribution in [0.3, 0.4) is 0 Å². The summed E-state index contributed by atoms with van der Waals surface area (Å²) in [5, 5.41) is 2.47. The average Bonchev–Trinajstić information content (AvgIpc) is 2.83. The van der Waals surface area contributed by atoms with Gasteiger partial charge in [0.25, 0.3) is 11.8 Å². The van der Waals surface area contributed by atoms with E-state index in [2.05, 4.69) is 16.2 Å². The molecule has 32 heavy (non-hydrogen) atoms. The number of hydrogen-bond donors (Lipinski definition) is 3. The standard InChI is InChI=1S/C24H23N3O4S/c1-30-21-13-6-5-12-20(21)23(29)26-27-24(32)25-22(28)18-10-7-11-19(16-18)31-15-14-17-8-3-2-4-9-17/h2-13,16H,14-15H2,1H3,(H,26,29)(H2,25,27,28,32). The number of benzene rings is 3. The highest BCUT2D eigenvalue weighted by atomic mass is 32.1. The topological polar surface area (TPSA) is 88.7 Å². The van der Waals surface area contributed by atoms with Crippen LogP contribution in [0.2, 0.25) is 0 Å². The van der Waals surface area contributed by atoms with Crippen LogP contribution >= 0.6 is 12.2 Å². The minimum absolute atomic E-state index is 0.0475. The summed E-state index contributed by atoms with van der Waals surface area (Å²) in [6.45, 7) is 0.490. The highest BCUT2D eigenvalue weighted by Gasteiger charge is 2.13. The molecule has 0 saturated heterocycles. The molecule has 0 fully saturated rings. The van der Waals surface area contributed by atoms with Gasteiger partial charge in [0, 0.05) is 12.0 Å². The van der Waals surface area contributed by atoms with Gasteiger partial charge in [-0.1, -0.05) is 48.5 Å². The van der Waals surface area contributed by atoms with Crippen LogP contribution in [0.1, 0.15) is 26.3 Å². The summed E-state index contributed by atoms with van der Waals surface area (Å²) in [5.41, 5.74) is 6.83. The Labute approximate surface area is 191 Å². The Balaban J connectivity index is 1.49. The van der Waals surface area contributed by atoms with Crippen LogP contribution in [-0.2, 0) is 6.42 Å². The molecule has 0 aliphatic carbocycles. The second kappa shape index (κ2) is 11.5. The zero-order valence-electron chi connectivity index (χ0n) is 17.5. The van der Waals surface area contributed by atoms with Crippen molar-refractivity contribution in [1.29, 1.82) is 0 Å². The molecule has 164 valence electrons. The Morgan fingerprint density at radius 3 is 2.41 bits per heavy atom. The largest absolute Gasteiger partial charge is 0.496 e. The molecule has 0 unspecified atom stereocenters. The highest BCUT2D eigenvalue weighted by Crippen LogP contribution is 2.16. The van der Waals surface area contributed by atoms with Crippen molar-refractivity contribution in [1.82, 2.24) is 16.2 Å². The van der Waals surface area contributed by atoms with Gasteiger partial charge in [-0.25, -0.2) is 0 Å². The van der Waals surface area contributed by atoms with E-state index in [0.29, 0.717) is 29.2 Å². The van der Waals surface area contributed by atoms with E-state index in [9.17, 15) is 9.59 Å². The van der Waals surface area contributed by atoms with E-state index < -0.39 is 11.8 Å². The number of hydrazine groups is 1. The van der Waals surface area contributed by atoms with Crippen LogP contribution in [-0.4, -0.2) is 30.6 Å². The van der Waals surface area contributed by atoms with E-state index in [-0.39, 0.29) is 5.11 Å². The van der Waals surface area contributed by atoms with Gasteiger partial charge < -0.3 is 9.47 Å². The average molecular weight is 450 g/mol. The Bertz CT molecular complexity index is 1090. The van der Waals surface area contributed by atoms with Crippen LogP contribution in [0.4, 0.5) is 0 Å². The molecule has 0 radical (unpaired) electrons. The van der Waals surface area contributed by atoms with Gasteiger partial charge in [-0.2, -0.15) is 0 Å². The predicted octanol–water partition coefficient (Wildman–Crippen LogP) is 3.27. The van der Waals surface area contributed by atoms with E-state index in [1.54, 1.807) is 48.5 Å². The number of carbonyl (C=O) groups excluding carboxylic acids is 2. The minimum atomic E-state index is -0.451. The molecule has 7 nitrogen and oxygen atoms in total. The van der Waals surface area contributed by atoms with Gasteiger partial charge in [0.05, 0.1) is 19.3 Å². The van der Waals surface area contributed by atoms with Crippen LogP contribution in [0, 0.1) is 0 Å². The smallest absolute Gasteiger partial charge is 0.273 e. The van der Waals surface area contributed by atoms with Crippen molar-refractivity contribution < 1.29 is 19.1 Å². The predicted molar refractivity (Wildman–Crippen MR) is 126 cm³/mol. The number of hydrogen-bond acceptors (Lipinski definition) is 5. The third-order valence-electron chi connectivity index (χ3n) is 4.47. The molecule has 3 N–H and O–H groups in total. The van der Waals surface area contributed by atoms with E-state index in [1.165, 1.54) is 12.7 Å². The normalized spacial score (nSPS) is 10.0. The maximum Gasteiger partial charge on any atom is 0.273 e. The molecule has 3 aromatic rings. The summed E-state index contributed by atoms with van der Waals surface area (Å²) < 4.78 is 10.9. The molecule has 0 aliphatic heterocycles. The van der Waals surface area contributed by atoms with E-state index >= 15 is 0 Å². The second-order valence-electron chi connectivity index (χ2n) is 6.67. The highest BCUT2D eigenvalue weighted by molar-refractivity contribution is 7.80. The maximum atomic E-state index is 12.5. The molecule has 2 amide bonds. The number of thiocarbonyl (C=S) groups is 1. The third-order valence-corrected chi connectivity index (χ3v) is 4.67. The fourth-order valence-corrected chi connectivity index (χ4v) is 3.02. The molecular formula is C24H23N3O4S. The number of ether oxygens (including phenoxy) is 2. The summed E-state index contributed by atoms with van der Waals surface area (Å²) in [5.74, 6) is 0.123. The minimum Gasteiger partial charge on any atom is -0.496 e. The summed E-state index contributed by atoms with van der Waals surface area (Å²) >= 11 is 5.10. The first-order valence-electron chi connectivity index (χ1n) is 9.88. The van der Waals surface area contributed by atoms with Gasteiger partial charge in [-0.3, -0.25) is 25.8 Å². The number of amides is 2. The van der Waals surface area contributed by atoms with Crippen LogP contribution in [0.15, 0.2) is 78.9 Å². The number of methoxy groups -OCH3 is 1. The molecule has 0 aliphatic rings. The fourth-order valence-electron chi connectivity index (χ4n) is 2.88. The molecule has 0 saturated carbocycles. The first kappa shape index (κ1) is 22.8. The van der Waals surface area contributed by atoms with Gasteiger partial charge in [-0.15, -0.1) is 0 Å². The van der Waals surface area contributed by atoms with Gasteiger partial charge in [0.2, 0.25) is 0 Å². The van der Waals surface area contributed by atoms with Crippen LogP contribution < -0.4 is 25.6 Å². The van der Waals surface area contributed by atoms with Crippen molar-refractivity contribution >= 4 is 29.1 Å². The molecule has 0 aromatic heterocycles. The lowest BCUT2D eigenvalue weighted by molar-refractivity contribution is 0.0932. The number of rotatable bonds is 7. The summed E-state index contributed by atoms with van der Waals surface area (Å²) in [6, 6.07) is 23.6. The molecule has 0 atom stereocenters. The third kappa shape index (κ3) is 6.55. The molecule has 8 heteroatoms. The lowest BCUT2D eigenvalue weighted by Gasteiger charge is -2.13. The Morgan fingerprint density at radius 2 is 1.62 bits per heavy atom. The molecule has 3 aromatic carbocycles. The summed E-state index contributed by atoms with van der Waals surface area (Å²) in [7, 11) is 1.48. The first-order chi connectivity index (χ1) is 15.6. The molecule has 0 heterocycles. The zero-order valence-corrected chi connectivity index (χ0v) is 18.3. The van der Waals surface area contributed by atoms with Crippen molar-refractivity contribution in [2.45, 2.75) is 6.42 Å². The fraction of sp³-hybridized carbons (Fsp3) is 0.125. The molecular weight excluding hydrogens is 426 g/mol. The van der Waals surface area contributed by atoms with E-state index in [4.69, 9.17) is 21.7 Å². The van der Waals surface area contributed by atoms with Crippen molar-refractivity contribution in [3.63, 3.8) is 0 Å². The van der Waals surface area contributed by atoms with Crippen LogP contribution in [0.25, 0.3) is 0 Å². The maximum absolute atomic E-state index is 12.5. The van der Waals surface area contributed by atoms with Gasteiger partial charge >= 0.3 is 0 Å². The lowest BCUT2D eigenvalue weighted by Crippen LogP contribution is -2.48. The quantitative estimate of drug-likeness (QED) is 0.379. The van der Waals surface area contributed by atoms with Crippen LogP contribution in [0.5, 0.6) is 11.5 Å². The molecule has 3 rings (SSSR count). The van der Waals surface area contributed by atoms with Crippen molar-refractivity contribution in [2.24, 2.45) is 0 Å². The summed E-state index contributed by atoms with van der Waals surface area (Å²) in [6.07, 6.45) is 0.761. The monoisotopic (exact) mass is 449 g/mol. The van der Waals surface area contributed by atoms with Gasteiger partial charge in [-0.05, 0) is 48.1 Å². The molecule has 0 bridgehead atoms. The zero-order chi connectivity index (χ0) is 22.8. The van der Waals surface area contributed by atoms with Gasteiger partial charge in [0.1, 0.15) is 11.5 Å². The number of nitrogens with one attached hydrogen (secondary N) is 3. The Morgan fingerprint density at radius 1 is 0.875 bits per heavy atom. The van der Waals surface area contributed by atoms with Crippen molar-refractivity contribution in [3.05, 3.63) is 95.6 Å². The first-order valence-corrected chi connectivity index (χ1v) is 10.3. The van der Waals surface area contributed by atoms with E-state index in [0.717, 1.165) is 6.42 Å². The SMILES string of the molecule is COc1ccccc1C(=O)NNC(=S)NC(=O)c1cccc(OCCc2ccccc2)c1. The Hall–Kier alpha value is -3.91. The molecule has 0 spiro atoms. The van der Waals surface area contributed by atoms with Crippen molar-refractivity contribution in [3.8, 4) is 11.5 Å². The van der Waals surface area contributed by atoms with E-state index in [1.807, 2.05) is 30.3 Å². The Kier molecular flexibility index (Phi) is 8.16. The summed E-state index contributed by atoms with van der Waals surface area (Å²) in [4.78, 5) is 24.8. The number of carbonyl (C=O) groups is 2. The van der Waals surface area contributed by atoms with Crippen molar-refractivity contribution in [2.75, 3.05) is 13.7 Å². The second-order valence-corrected chi connectivity index (χ2v) is 7.08. The number of para-hydroxylation sites is 1.